The molecule has 0 saturated heterocycles. The number of nitrogens with two attached hydrogens (primary N) is 1. The standard InChI is InChI=1S/C18H21N3O4/c1-10(2)12-7-13(14(22)8-16(12)23-3)18(21-19)20-11-4-5-15-17(6-11)25-9-24-15/h4-8,10,22H,9,19H2,1-3H3,(H,20,21). The van der Waals surface area contributed by atoms with Crippen LogP contribution in [0.15, 0.2) is 35.4 Å². The highest BCUT2D eigenvalue weighted by Gasteiger charge is 2.18. The van der Waals surface area contributed by atoms with Gasteiger partial charge in [0.15, 0.2) is 17.3 Å². The molecule has 1 aliphatic rings. The average Bonchev–Trinajstić information content (AvgIpc) is 3.07. The van der Waals surface area contributed by atoms with Gasteiger partial charge in [-0.1, -0.05) is 13.8 Å². The Morgan fingerprint density at radius 1 is 1.24 bits per heavy atom. The van der Waals surface area contributed by atoms with Crippen molar-refractivity contribution in [2.24, 2.45) is 10.9 Å². The Morgan fingerprint density at radius 2 is 2.00 bits per heavy atom. The molecule has 0 spiro atoms. The van der Waals surface area contributed by atoms with E-state index in [2.05, 4.69) is 10.4 Å². The number of anilines is 1. The summed E-state index contributed by atoms with van der Waals surface area (Å²) in [5, 5.41) is 17.3. The van der Waals surface area contributed by atoms with E-state index in [9.17, 15) is 5.11 Å². The zero-order valence-electron chi connectivity index (χ0n) is 14.4. The Labute approximate surface area is 146 Å². The number of phenols is 1. The number of benzene rings is 2. The van der Waals surface area contributed by atoms with Gasteiger partial charge in [-0.05, 0) is 29.7 Å². The van der Waals surface area contributed by atoms with Crippen molar-refractivity contribution in [3.05, 3.63) is 41.5 Å². The van der Waals surface area contributed by atoms with E-state index in [-0.39, 0.29) is 18.5 Å². The number of rotatable bonds is 4. The average molecular weight is 343 g/mol. The van der Waals surface area contributed by atoms with E-state index in [1.165, 1.54) is 0 Å². The molecule has 0 fully saturated rings. The molecule has 0 bridgehead atoms. The van der Waals surface area contributed by atoms with Crippen molar-refractivity contribution in [2.45, 2.75) is 19.8 Å². The zero-order chi connectivity index (χ0) is 18.0. The Hall–Kier alpha value is -3.09. The van der Waals surface area contributed by atoms with Crippen LogP contribution < -0.4 is 25.4 Å². The van der Waals surface area contributed by atoms with Crippen molar-refractivity contribution in [3.8, 4) is 23.0 Å². The van der Waals surface area contributed by atoms with Gasteiger partial charge in [0.2, 0.25) is 6.79 Å². The lowest BCUT2D eigenvalue weighted by Gasteiger charge is -2.17. The molecule has 7 nitrogen and oxygen atoms in total. The molecule has 0 radical (unpaired) electrons. The number of methoxy groups -OCH3 is 1. The highest BCUT2D eigenvalue weighted by molar-refractivity contribution is 6.10. The summed E-state index contributed by atoms with van der Waals surface area (Å²) < 4.78 is 16.0. The van der Waals surface area contributed by atoms with Crippen molar-refractivity contribution in [1.82, 2.24) is 0 Å². The molecule has 3 rings (SSSR count). The van der Waals surface area contributed by atoms with Crippen LogP contribution in [0.4, 0.5) is 5.69 Å². The number of ether oxygens (including phenoxy) is 3. The van der Waals surface area contributed by atoms with E-state index in [0.717, 1.165) is 11.3 Å². The number of hydrazone groups is 1. The van der Waals surface area contributed by atoms with Crippen LogP contribution in [0.25, 0.3) is 0 Å². The molecule has 0 amide bonds. The summed E-state index contributed by atoms with van der Waals surface area (Å²) in [6, 6.07) is 8.80. The van der Waals surface area contributed by atoms with E-state index in [1.54, 1.807) is 25.3 Å². The van der Waals surface area contributed by atoms with E-state index in [1.807, 2.05) is 26.0 Å². The smallest absolute Gasteiger partial charge is 0.231 e. The van der Waals surface area contributed by atoms with Gasteiger partial charge in [0.05, 0.1) is 12.7 Å². The number of hydrogen-bond donors (Lipinski definition) is 3. The van der Waals surface area contributed by atoms with Crippen molar-refractivity contribution in [3.63, 3.8) is 0 Å². The maximum Gasteiger partial charge on any atom is 0.231 e. The van der Waals surface area contributed by atoms with Gasteiger partial charge in [-0.3, -0.25) is 0 Å². The van der Waals surface area contributed by atoms with Crippen LogP contribution >= 0.6 is 0 Å². The molecule has 2 aromatic carbocycles. The van der Waals surface area contributed by atoms with Crippen LogP contribution in [-0.2, 0) is 0 Å². The third kappa shape index (κ3) is 3.26. The molecular formula is C18H21N3O4. The third-order valence-electron chi connectivity index (χ3n) is 3.99. The number of nitrogens with one attached hydrogen (secondary N) is 1. The number of amidine groups is 1. The predicted octanol–water partition coefficient (Wildman–Crippen LogP) is 2.99. The minimum Gasteiger partial charge on any atom is -0.507 e. The highest BCUT2D eigenvalue weighted by atomic mass is 16.7. The number of fused-ring (bicyclic) bond motifs is 1. The molecule has 0 aliphatic carbocycles. The summed E-state index contributed by atoms with van der Waals surface area (Å²) in [6.45, 7) is 4.29. The SMILES string of the molecule is COc1cc(O)c(/C(=N/N)Nc2ccc3c(c2)OCO3)cc1C(C)C. The lowest BCUT2D eigenvalue weighted by Crippen LogP contribution is -2.16. The highest BCUT2D eigenvalue weighted by Crippen LogP contribution is 2.36. The second-order valence-electron chi connectivity index (χ2n) is 5.94. The maximum atomic E-state index is 10.4. The van der Waals surface area contributed by atoms with E-state index >= 15 is 0 Å². The Balaban J connectivity index is 1.95. The molecule has 0 atom stereocenters. The van der Waals surface area contributed by atoms with Crippen LogP contribution in [0.2, 0.25) is 0 Å². The fourth-order valence-electron chi connectivity index (χ4n) is 2.68. The van der Waals surface area contributed by atoms with Crippen LogP contribution in [0.1, 0.15) is 30.9 Å². The summed E-state index contributed by atoms with van der Waals surface area (Å²) in [7, 11) is 1.57. The molecule has 1 heterocycles. The molecule has 132 valence electrons. The zero-order valence-corrected chi connectivity index (χ0v) is 14.4. The normalized spacial score (nSPS) is 13.2. The number of nitrogens with zero attached hydrogens (tertiary/aromatic N) is 1. The topological polar surface area (TPSA) is 98.3 Å². The van der Waals surface area contributed by atoms with Gasteiger partial charge in [0.1, 0.15) is 11.5 Å². The minimum absolute atomic E-state index is 0.0266. The summed E-state index contributed by atoms with van der Waals surface area (Å²) in [5.41, 5.74) is 2.16. The second kappa shape index (κ2) is 6.80. The molecule has 25 heavy (non-hydrogen) atoms. The first kappa shape index (κ1) is 16.8. The predicted molar refractivity (Wildman–Crippen MR) is 95.7 cm³/mol. The van der Waals surface area contributed by atoms with Gasteiger partial charge in [0, 0.05) is 17.8 Å². The molecule has 4 N–H and O–H groups in total. The van der Waals surface area contributed by atoms with Gasteiger partial charge in [0.25, 0.3) is 0 Å². The lowest BCUT2D eigenvalue weighted by atomic mass is 9.98. The van der Waals surface area contributed by atoms with Crippen LogP contribution in [0, 0.1) is 0 Å². The molecule has 0 unspecified atom stereocenters. The first-order chi connectivity index (χ1) is 12.0. The summed E-state index contributed by atoms with van der Waals surface area (Å²) in [6.07, 6.45) is 0. The molecule has 7 heteroatoms. The summed E-state index contributed by atoms with van der Waals surface area (Å²) in [5.74, 6) is 8.08. The fourth-order valence-corrected chi connectivity index (χ4v) is 2.68. The van der Waals surface area contributed by atoms with Gasteiger partial charge in [-0.25, -0.2) is 0 Å². The minimum atomic E-state index is 0.0266. The Kier molecular flexibility index (Phi) is 4.56. The first-order valence-electron chi connectivity index (χ1n) is 7.89. The van der Waals surface area contributed by atoms with Gasteiger partial charge < -0.3 is 30.5 Å². The quantitative estimate of drug-likeness (QED) is 0.342. The van der Waals surface area contributed by atoms with Crippen molar-refractivity contribution < 1.29 is 19.3 Å². The number of phenolic OH excluding ortho intramolecular Hbond substituents is 1. The summed E-state index contributed by atoms with van der Waals surface area (Å²) in [4.78, 5) is 0. The first-order valence-corrected chi connectivity index (χ1v) is 7.89. The van der Waals surface area contributed by atoms with Crippen molar-refractivity contribution in [2.75, 3.05) is 19.2 Å². The van der Waals surface area contributed by atoms with Crippen LogP contribution in [0.3, 0.4) is 0 Å². The van der Waals surface area contributed by atoms with Crippen molar-refractivity contribution >= 4 is 11.5 Å². The maximum absolute atomic E-state index is 10.4. The van der Waals surface area contributed by atoms with Gasteiger partial charge in [-0.15, -0.1) is 0 Å². The molecular weight excluding hydrogens is 322 g/mol. The Bertz CT molecular complexity index is 818. The fraction of sp³-hybridized carbons (Fsp3) is 0.278. The Morgan fingerprint density at radius 3 is 2.68 bits per heavy atom. The molecule has 0 saturated carbocycles. The van der Waals surface area contributed by atoms with E-state index < -0.39 is 0 Å². The number of aromatic hydroxyl groups is 1. The van der Waals surface area contributed by atoms with Gasteiger partial charge >= 0.3 is 0 Å². The van der Waals surface area contributed by atoms with Gasteiger partial charge in [-0.2, -0.15) is 5.10 Å². The van der Waals surface area contributed by atoms with E-state index in [0.29, 0.717) is 28.6 Å². The third-order valence-corrected chi connectivity index (χ3v) is 3.99. The van der Waals surface area contributed by atoms with E-state index in [4.69, 9.17) is 20.1 Å². The van der Waals surface area contributed by atoms with Crippen LogP contribution in [0.5, 0.6) is 23.0 Å². The summed E-state index contributed by atoms with van der Waals surface area (Å²) >= 11 is 0. The molecule has 1 aliphatic heterocycles. The number of hydrogen-bond acceptors (Lipinski definition) is 6. The largest absolute Gasteiger partial charge is 0.507 e. The monoisotopic (exact) mass is 343 g/mol. The lowest BCUT2D eigenvalue weighted by molar-refractivity contribution is 0.174. The molecule has 0 aromatic heterocycles. The second-order valence-corrected chi connectivity index (χ2v) is 5.94. The van der Waals surface area contributed by atoms with Crippen molar-refractivity contribution in [1.29, 1.82) is 0 Å². The molecule has 2 aromatic rings. The van der Waals surface area contributed by atoms with Crippen LogP contribution in [-0.4, -0.2) is 24.8 Å².